The molecule has 0 aliphatic rings. The molecule has 1 N–H and O–H groups in total. The summed E-state index contributed by atoms with van der Waals surface area (Å²) >= 11 is 8.78. The Hall–Kier alpha value is -1.16. The molecular formula is C14H11BrClF3N2O2S. The number of hydrogen-bond donors (Lipinski definition) is 1. The van der Waals surface area contributed by atoms with Crippen molar-refractivity contribution < 1.29 is 21.6 Å². The number of nitrogens with zero attached hydrogens (tertiary/aromatic N) is 1. The number of alkyl halides is 3. The number of hydrogen-bond acceptors (Lipinski definition) is 3. The van der Waals surface area contributed by atoms with Crippen LogP contribution in [-0.2, 0) is 22.6 Å². The lowest BCUT2D eigenvalue weighted by Crippen LogP contribution is -2.26. The second-order valence-corrected chi connectivity index (χ2v) is 7.77. The Bertz CT molecular complexity index is 844. The highest BCUT2D eigenvalue weighted by Gasteiger charge is 2.30. The maximum absolute atomic E-state index is 12.6. The van der Waals surface area contributed by atoms with Crippen LogP contribution in [0.3, 0.4) is 0 Å². The zero-order valence-corrected chi connectivity index (χ0v) is 15.1. The van der Waals surface area contributed by atoms with Crippen molar-refractivity contribution in [2.75, 3.05) is 6.54 Å². The quantitative estimate of drug-likeness (QED) is 0.710. The van der Waals surface area contributed by atoms with E-state index in [0.29, 0.717) is 10.0 Å². The number of pyridine rings is 1. The van der Waals surface area contributed by atoms with E-state index in [-0.39, 0.29) is 23.0 Å². The van der Waals surface area contributed by atoms with Crippen molar-refractivity contribution in [1.29, 1.82) is 0 Å². The molecule has 0 saturated heterocycles. The molecule has 1 aromatic heterocycles. The normalized spacial score (nSPS) is 12.4. The minimum atomic E-state index is -4.43. The lowest BCUT2D eigenvalue weighted by atomic mass is 10.1. The van der Waals surface area contributed by atoms with Gasteiger partial charge >= 0.3 is 6.18 Å². The molecule has 0 unspecified atom stereocenters. The van der Waals surface area contributed by atoms with Crippen molar-refractivity contribution in [1.82, 2.24) is 9.71 Å². The third-order valence-electron chi connectivity index (χ3n) is 3.04. The first-order valence-corrected chi connectivity index (χ1v) is 9.22. The molecule has 0 fully saturated rings. The predicted molar refractivity (Wildman–Crippen MR) is 87.3 cm³/mol. The van der Waals surface area contributed by atoms with Gasteiger partial charge in [-0.05, 0) is 40.0 Å². The molecule has 0 atom stereocenters. The Balaban J connectivity index is 2.04. The van der Waals surface area contributed by atoms with Crippen LogP contribution in [0.15, 0.2) is 45.9 Å². The fraction of sp³-hybridized carbons (Fsp3) is 0.214. The number of aromatic nitrogens is 1. The van der Waals surface area contributed by atoms with E-state index in [4.69, 9.17) is 11.6 Å². The van der Waals surface area contributed by atoms with Gasteiger partial charge in [-0.15, -0.1) is 0 Å². The zero-order valence-electron chi connectivity index (χ0n) is 11.9. The van der Waals surface area contributed by atoms with Crippen LogP contribution in [0, 0.1) is 0 Å². The van der Waals surface area contributed by atoms with Gasteiger partial charge in [-0.2, -0.15) is 13.2 Å². The zero-order chi connectivity index (χ0) is 18.0. The molecule has 1 aromatic carbocycles. The Labute approximate surface area is 150 Å². The molecule has 0 saturated carbocycles. The fourth-order valence-electron chi connectivity index (χ4n) is 1.87. The van der Waals surface area contributed by atoms with Crippen LogP contribution in [-0.4, -0.2) is 19.9 Å². The molecule has 1 heterocycles. The number of nitrogens with one attached hydrogen (secondary N) is 1. The average molecular weight is 444 g/mol. The number of rotatable bonds is 5. The van der Waals surface area contributed by atoms with Crippen molar-refractivity contribution >= 4 is 37.6 Å². The van der Waals surface area contributed by atoms with Gasteiger partial charge < -0.3 is 0 Å². The molecule has 2 rings (SSSR count). The smallest absolute Gasteiger partial charge is 0.242 e. The Kier molecular flexibility index (Phi) is 5.90. The summed E-state index contributed by atoms with van der Waals surface area (Å²) in [6.45, 7) is -0.0517. The summed E-state index contributed by atoms with van der Waals surface area (Å²) in [4.78, 5) is 3.63. The van der Waals surface area contributed by atoms with Crippen LogP contribution < -0.4 is 4.72 Å². The first-order chi connectivity index (χ1) is 11.1. The van der Waals surface area contributed by atoms with E-state index in [2.05, 4.69) is 25.6 Å². The summed E-state index contributed by atoms with van der Waals surface area (Å²) in [6.07, 6.45) is -3.22. The van der Waals surface area contributed by atoms with Crippen LogP contribution in [0.2, 0.25) is 5.15 Å². The first kappa shape index (κ1) is 19.2. The van der Waals surface area contributed by atoms with Gasteiger partial charge in [-0.25, -0.2) is 18.1 Å². The molecule has 10 heteroatoms. The van der Waals surface area contributed by atoms with Gasteiger partial charge in [0.15, 0.2) is 0 Å². The highest BCUT2D eigenvalue weighted by Crippen LogP contribution is 2.29. The van der Waals surface area contributed by atoms with E-state index in [9.17, 15) is 21.6 Å². The molecule has 130 valence electrons. The number of sulfonamides is 1. The van der Waals surface area contributed by atoms with Crippen LogP contribution in [0.4, 0.5) is 13.2 Å². The minimum Gasteiger partial charge on any atom is -0.242 e. The maximum atomic E-state index is 12.6. The van der Waals surface area contributed by atoms with Gasteiger partial charge in [0.05, 0.1) is 10.0 Å². The predicted octanol–water partition coefficient (Wildman–Crippen LogP) is 4.04. The SMILES string of the molecule is O=S(=O)(NCCc1cccc(C(F)(F)F)c1)c1cnc(Cl)c(Br)c1. The number of benzene rings is 1. The van der Waals surface area contributed by atoms with Crippen molar-refractivity contribution in [3.05, 3.63) is 57.3 Å². The van der Waals surface area contributed by atoms with Gasteiger partial charge in [-0.1, -0.05) is 29.8 Å². The lowest BCUT2D eigenvalue weighted by Gasteiger charge is -2.10. The van der Waals surface area contributed by atoms with Crippen LogP contribution in [0.25, 0.3) is 0 Å². The summed E-state index contributed by atoms with van der Waals surface area (Å²) in [5, 5.41) is 0.123. The first-order valence-electron chi connectivity index (χ1n) is 6.56. The molecule has 0 spiro atoms. The van der Waals surface area contributed by atoms with Crippen molar-refractivity contribution in [2.45, 2.75) is 17.5 Å². The Morgan fingerprint density at radius 3 is 2.58 bits per heavy atom. The molecular weight excluding hydrogens is 433 g/mol. The minimum absolute atomic E-state index is 0.0517. The monoisotopic (exact) mass is 442 g/mol. The van der Waals surface area contributed by atoms with E-state index in [1.807, 2.05) is 0 Å². The van der Waals surface area contributed by atoms with Gasteiger partial charge in [0, 0.05) is 12.7 Å². The van der Waals surface area contributed by atoms with Gasteiger partial charge in [0.25, 0.3) is 0 Å². The summed E-state index contributed by atoms with van der Waals surface area (Å²) in [7, 11) is -3.83. The fourth-order valence-corrected chi connectivity index (χ4v) is 3.47. The molecule has 0 amide bonds. The summed E-state index contributed by atoms with van der Waals surface area (Å²) < 4.78 is 64.8. The van der Waals surface area contributed by atoms with Crippen molar-refractivity contribution in [3.8, 4) is 0 Å². The van der Waals surface area contributed by atoms with Gasteiger partial charge in [0.1, 0.15) is 10.0 Å². The van der Waals surface area contributed by atoms with Crippen LogP contribution in [0.5, 0.6) is 0 Å². The highest BCUT2D eigenvalue weighted by atomic mass is 79.9. The molecule has 24 heavy (non-hydrogen) atoms. The topological polar surface area (TPSA) is 59.1 Å². The average Bonchev–Trinajstić information content (AvgIpc) is 2.49. The van der Waals surface area contributed by atoms with Crippen molar-refractivity contribution in [2.24, 2.45) is 0 Å². The highest BCUT2D eigenvalue weighted by molar-refractivity contribution is 9.10. The summed E-state index contributed by atoms with van der Waals surface area (Å²) in [5.74, 6) is 0. The van der Waals surface area contributed by atoms with Crippen molar-refractivity contribution in [3.63, 3.8) is 0 Å². The van der Waals surface area contributed by atoms with Crippen LogP contribution >= 0.6 is 27.5 Å². The molecule has 0 radical (unpaired) electrons. The molecule has 0 bridgehead atoms. The van der Waals surface area contributed by atoms with Gasteiger partial charge in [0.2, 0.25) is 10.0 Å². The van der Waals surface area contributed by atoms with E-state index in [1.165, 1.54) is 18.2 Å². The molecule has 0 aliphatic heterocycles. The maximum Gasteiger partial charge on any atom is 0.416 e. The Morgan fingerprint density at radius 2 is 1.96 bits per heavy atom. The molecule has 4 nitrogen and oxygen atoms in total. The third kappa shape index (κ3) is 4.92. The van der Waals surface area contributed by atoms with E-state index in [1.54, 1.807) is 0 Å². The standard InChI is InChI=1S/C14H11BrClF3N2O2S/c15-12-7-11(8-20-13(12)16)24(22,23)21-5-4-9-2-1-3-10(6-9)14(17,18)19/h1-3,6-8,21H,4-5H2. The summed E-state index contributed by atoms with van der Waals surface area (Å²) in [6, 6.07) is 6.04. The van der Waals surface area contributed by atoms with Gasteiger partial charge in [-0.3, -0.25) is 0 Å². The van der Waals surface area contributed by atoms with E-state index in [0.717, 1.165) is 18.3 Å². The number of halogens is 5. The largest absolute Gasteiger partial charge is 0.416 e. The van der Waals surface area contributed by atoms with E-state index < -0.39 is 21.8 Å². The second kappa shape index (κ2) is 7.38. The molecule has 0 aliphatic carbocycles. The molecule has 2 aromatic rings. The lowest BCUT2D eigenvalue weighted by molar-refractivity contribution is -0.137. The Morgan fingerprint density at radius 1 is 1.25 bits per heavy atom. The van der Waals surface area contributed by atoms with Crippen LogP contribution in [0.1, 0.15) is 11.1 Å². The second-order valence-electron chi connectivity index (χ2n) is 4.79. The van der Waals surface area contributed by atoms with E-state index >= 15 is 0 Å². The third-order valence-corrected chi connectivity index (χ3v) is 5.60. The summed E-state index contributed by atoms with van der Waals surface area (Å²) in [5.41, 5.74) is -0.392.